The predicted octanol–water partition coefficient (Wildman–Crippen LogP) is 7.21. The highest BCUT2D eigenvalue weighted by Gasteiger charge is 2.30. The minimum atomic E-state index is -3.55. The number of ketones is 1. The smallest absolute Gasteiger partial charge is 0.308 e. The largest absolute Gasteiger partial charge is 0.365 e. The van der Waals surface area contributed by atoms with Crippen molar-refractivity contribution in [3.05, 3.63) is 23.0 Å². The van der Waals surface area contributed by atoms with Gasteiger partial charge in [-0.05, 0) is 57.3 Å². The Bertz CT molecular complexity index is 685. The van der Waals surface area contributed by atoms with Crippen molar-refractivity contribution in [2.75, 3.05) is 14.2 Å². The van der Waals surface area contributed by atoms with Crippen LogP contribution in [0.1, 0.15) is 90.4 Å². The Kier molecular flexibility index (Phi) is 11.1. The van der Waals surface area contributed by atoms with Crippen LogP contribution in [0.25, 0.3) is 0 Å². The molecule has 168 valence electrons. The van der Waals surface area contributed by atoms with E-state index in [-0.39, 0.29) is 11.1 Å². The Morgan fingerprint density at radius 2 is 1.50 bits per heavy atom. The van der Waals surface area contributed by atoms with Crippen LogP contribution in [-0.4, -0.2) is 20.0 Å². The zero-order chi connectivity index (χ0) is 21.8. The highest BCUT2D eigenvalue weighted by atomic mass is 31.2. The van der Waals surface area contributed by atoms with Gasteiger partial charge in [0.1, 0.15) is 5.31 Å². The highest BCUT2D eigenvalue weighted by molar-refractivity contribution is 7.60. The highest BCUT2D eigenvalue weighted by Crippen LogP contribution is 2.54. The lowest BCUT2D eigenvalue weighted by molar-refractivity contribution is -0.113. The summed E-state index contributed by atoms with van der Waals surface area (Å²) in [5.41, 5.74) is 1.75. The maximum absolute atomic E-state index is 12.4. The molecule has 0 amide bonds. The topological polar surface area (TPSA) is 52.6 Å². The van der Waals surface area contributed by atoms with Crippen molar-refractivity contribution < 1.29 is 18.4 Å². The first-order valence-electron chi connectivity index (χ1n) is 11.6. The molecule has 0 N–H and O–H groups in total. The number of rotatable bonds is 9. The normalized spacial score (nSPS) is 19.1. The molecule has 0 saturated heterocycles. The summed E-state index contributed by atoms with van der Waals surface area (Å²) in [5.74, 6) is 7.23. The van der Waals surface area contributed by atoms with Crippen LogP contribution in [0, 0.1) is 23.7 Å². The van der Waals surface area contributed by atoms with Crippen LogP contribution >= 0.6 is 7.60 Å². The summed E-state index contributed by atoms with van der Waals surface area (Å²) in [4.78, 5) is 11.8. The molecule has 2 rings (SSSR count). The maximum atomic E-state index is 12.4. The van der Waals surface area contributed by atoms with Gasteiger partial charge < -0.3 is 9.05 Å². The molecule has 30 heavy (non-hydrogen) atoms. The zero-order valence-corrected chi connectivity index (χ0v) is 20.0. The molecule has 2 aliphatic rings. The standard InChI is InChI=1S/C25H39O4P/c1-21(26)25(30(27,28-2)29-3)20-14-6-4-5-13-19-24(22-15-9-7-10-16-22)23-17-11-8-12-18-23/h19-20,22-23H,4-5,7-13,15-18H2,1-3H3/b25-20+. The quantitative estimate of drug-likeness (QED) is 0.126. The van der Waals surface area contributed by atoms with Gasteiger partial charge >= 0.3 is 7.60 Å². The molecule has 0 spiro atoms. The van der Waals surface area contributed by atoms with Gasteiger partial charge in [-0.2, -0.15) is 0 Å². The first-order chi connectivity index (χ1) is 14.5. The summed E-state index contributed by atoms with van der Waals surface area (Å²) in [6.45, 7) is 1.35. The molecule has 4 nitrogen and oxygen atoms in total. The van der Waals surface area contributed by atoms with E-state index < -0.39 is 7.60 Å². The lowest BCUT2D eigenvalue weighted by atomic mass is 9.73. The molecule has 0 unspecified atom stereocenters. The molecule has 0 atom stereocenters. The van der Waals surface area contributed by atoms with Gasteiger partial charge in [-0.25, -0.2) is 0 Å². The van der Waals surface area contributed by atoms with Gasteiger partial charge in [0.2, 0.25) is 0 Å². The van der Waals surface area contributed by atoms with E-state index in [1.165, 1.54) is 91.4 Å². The fraction of sp³-hybridized carbons (Fsp3) is 0.720. The molecule has 0 aromatic heterocycles. The number of unbranched alkanes of at least 4 members (excludes halogenated alkanes) is 2. The maximum Gasteiger partial charge on any atom is 0.365 e. The minimum absolute atomic E-state index is 0.0109. The fourth-order valence-electron chi connectivity index (χ4n) is 4.83. The van der Waals surface area contributed by atoms with Gasteiger partial charge in [-0.1, -0.05) is 62.0 Å². The Balaban J connectivity index is 1.94. The molecule has 0 aliphatic heterocycles. The monoisotopic (exact) mass is 434 g/mol. The molecule has 0 aromatic rings. The molecule has 5 heteroatoms. The number of Topliss-reactive ketones (excluding diaryl/α,β-unsaturated/α-hetero) is 1. The van der Waals surface area contributed by atoms with Gasteiger partial charge in [0.15, 0.2) is 5.78 Å². The minimum Gasteiger partial charge on any atom is -0.308 e. The molecular formula is C25H39O4P. The van der Waals surface area contributed by atoms with Crippen LogP contribution in [0.15, 0.2) is 23.0 Å². The van der Waals surface area contributed by atoms with Crippen LogP contribution in [0.2, 0.25) is 0 Å². The van der Waals surface area contributed by atoms with Crippen LogP contribution in [0.3, 0.4) is 0 Å². The molecular weight excluding hydrogens is 395 g/mol. The van der Waals surface area contributed by atoms with Gasteiger partial charge in [0.05, 0.1) is 0 Å². The molecule has 2 fully saturated rings. The second kappa shape index (κ2) is 13.3. The average molecular weight is 435 g/mol. The molecule has 0 bridgehead atoms. The molecule has 2 aliphatic carbocycles. The van der Waals surface area contributed by atoms with Crippen molar-refractivity contribution in [3.63, 3.8) is 0 Å². The first kappa shape index (κ1) is 25.1. The van der Waals surface area contributed by atoms with Crippen LogP contribution in [0.5, 0.6) is 0 Å². The summed E-state index contributed by atoms with van der Waals surface area (Å²) in [6.07, 6.45) is 20.6. The summed E-state index contributed by atoms with van der Waals surface area (Å²) in [7, 11) is -1.00. The van der Waals surface area contributed by atoms with Crippen LogP contribution in [-0.2, 0) is 18.4 Å². The second-order valence-corrected chi connectivity index (χ2v) is 10.7. The van der Waals surface area contributed by atoms with Crippen molar-refractivity contribution in [2.24, 2.45) is 11.8 Å². The summed E-state index contributed by atoms with van der Waals surface area (Å²) < 4.78 is 22.3. The Morgan fingerprint density at radius 3 is 1.97 bits per heavy atom. The zero-order valence-electron chi connectivity index (χ0n) is 19.1. The van der Waals surface area contributed by atoms with Crippen LogP contribution < -0.4 is 0 Å². The summed E-state index contributed by atoms with van der Waals surface area (Å²) in [5, 5.41) is 0.0109. The number of hydrogen-bond acceptors (Lipinski definition) is 4. The third kappa shape index (κ3) is 7.52. The fourth-order valence-corrected chi connectivity index (χ4v) is 5.98. The van der Waals surface area contributed by atoms with Crippen molar-refractivity contribution in [3.8, 4) is 11.8 Å². The molecule has 0 radical (unpaired) electrons. The van der Waals surface area contributed by atoms with Crippen LogP contribution in [0.4, 0.5) is 0 Å². The number of carbonyl (C=O) groups excluding carboxylic acids is 1. The van der Waals surface area contributed by atoms with Crippen molar-refractivity contribution >= 4 is 13.4 Å². The van der Waals surface area contributed by atoms with E-state index in [1.54, 1.807) is 5.57 Å². The van der Waals surface area contributed by atoms with E-state index in [0.29, 0.717) is 0 Å². The lowest BCUT2D eigenvalue weighted by Crippen LogP contribution is -2.18. The SMILES string of the molecule is COP(=O)(OC)/C(=C/C#CCCCC=C(C1CCCCC1)C1CCCCC1)C(C)=O. The number of hydrogen-bond donors (Lipinski definition) is 0. The van der Waals surface area contributed by atoms with Crippen molar-refractivity contribution in [2.45, 2.75) is 90.4 Å². The van der Waals surface area contributed by atoms with Gasteiger partial charge in [0, 0.05) is 26.7 Å². The molecule has 2 saturated carbocycles. The van der Waals surface area contributed by atoms with E-state index in [2.05, 4.69) is 17.9 Å². The lowest BCUT2D eigenvalue weighted by Gasteiger charge is -2.32. The van der Waals surface area contributed by atoms with Gasteiger partial charge in [0.25, 0.3) is 0 Å². The Labute approximate surface area is 183 Å². The van der Waals surface area contributed by atoms with E-state index in [4.69, 9.17) is 9.05 Å². The van der Waals surface area contributed by atoms with Crippen molar-refractivity contribution in [1.29, 1.82) is 0 Å². The van der Waals surface area contributed by atoms with Gasteiger partial charge in [-0.15, -0.1) is 0 Å². The molecule has 0 heterocycles. The Hall–Kier alpha value is -1.14. The van der Waals surface area contributed by atoms with E-state index in [9.17, 15) is 9.36 Å². The van der Waals surface area contributed by atoms with E-state index in [1.807, 2.05) is 0 Å². The van der Waals surface area contributed by atoms with Crippen molar-refractivity contribution in [1.82, 2.24) is 0 Å². The average Bonchev–Trinajstić information content (AvgIpc) is 2.78. The number of allylic oxidation sites excluding steroid dienone is 4. The summed E-state index contributed by atoms with van der Waals surface area (Å²) >= 11 is 0. The second-order valence-electron chi connectivity index (χ2n) is 8.54. The molecule has 0 aromatic carbocycles. The van der Waals surface area contributed by atoms with E-state index in [0.717, 1.165) is 31.1 Å². The van der Waals surface area contributed by atoms with E-state index >= 15 is 0 Å². The predicted molar refractivity (Wildman–Crippen MR) is 123 cm³/mol. The number of carbonyl (C=O) groups is 1. The third-order valence-corrected chi connectivity index (χ3v) is 8.48. The third-order valence-electron chi connectivity index (χ3n) is 6.49. The Morgan fingerprint density at radius 1 is 0.967 bits per heavy atom. The van der Waals surface area contributed by atoms with Gasteiger partial charge in [-0.3, -0.25) is 9.36 Å². The first-order valence-corrected chi connectivity index (χ1v) is 13.2. The summed E-state index contributed by atoms with van der Waals surface area (Å²) in [6, 6.07) is 0.